The Balaban J connectivity index is 2.62. The number of halogens is 1. The van der Waals surface area contributed by atoms with Crippen molar-refractivity contribution >= 4 is 11.6 Å². The first-order chi connectivity index (χ1) is 7.93. The monoisotopic (exact) mass is 263 g/mol. The molecule has 0 saturated carbocycles. The van der Waals surface area contributed by atoms with Gasteiger partial charge in [0.05, 0.1) is 11.5 Å². The highest BCUT2D eigenvalue weighted by Gasteiger charge is 2.26. The molecular formula is C10H18ClN3O3. The molecule has 1 aliphatic rings. The van der Waals surface area contributed by atoms with Crippen LogP contribution in [0.15, 0.2) is 11.0 Å². The van der Waals surface area contributed by atoms with Gasteiger partial charge >= 0.3 is 5.16 Å². The summed E-state index contributed by atoms with van der Waals surface area (Å²) in [6, 6.07) is 0. The summed E-state index contributed by atoms with van der Waals surface area (Å²) in [5, 5.41) is 13.3. The quantitative estimate of drug-likeness (QED) is 0.456. The number of hydrogen-bond donors (Lipinski definition) is 1. The van der Waals surface area contributed by atoms with Crippen LogP contribution < -0.4 is 5.32 Å². The van der Waals surface area contributed by atoms with E-state index >= 15 is 0 Å². The van der Waals surface area contributed by atoms with Gasteiger partial charge < -0.3 is 15.0 Å². The van der Waals surface area contributed by atoms with Gasteiger partial charge in [-0.15, -0.1) is 0 Å². The molecule has 1 fully saturated rings. The van der Waals surface area contributed by atoms with E-state index in [-0.39, 0.29) is 5.16 Å². The summed E-state index contributed by atoms with van der Waals surface area (Å²) in [6.45, 7) is 4.16. The summed E-state index contributed by atoms with van der Waals surface area (Å²) in [5.41, 5.74) is 0. The smallest absolute Gasteiger partial charge is 0.377 e. The Morgan fingerprint density at radius 3 is 2.65 bits per heavy atom. The molecule has 7 heteroatoms. The van der Waals surface area contributed by atoms with Crippen LogP contribution in [0.2, 0.25) is 0 Å². The fourth-order valence-electron chi connectivity index (χ4n) is 1.70. The van der Waals surface area contributed by atoms with Gasteiger partial charge in [-0.25, -0.2) is 0 Å². The maximum Gasteiger partial charge on any atom is 0.377 e. The molecule has 17 heavy (non-hydrogen) atoms. The minimum atomic E-state index is -0.599. The molecule has 2 atom stereocenters. The van der Waals surface area contributed by atoms with Crippen molar-refractivity contribution < 1.29 is 9.66 Å². The molecule has 0 bridgehead atoms. The van der Waals surface area contributed by atoms with E-state index in [1.807, 2.05) is 0 Å². The third-order valence-corrected chi connectivity index (χ3v) is 3.17. The molecule has 2 unspecified atom stereocenters. The van der Waals surface area contributed by atoms with Crippen LogP contribution in [0, 0.1) is 22.0 Å². The highest BCUT2D eigenvalue weighted by atomic mass is 35.5. The molecule has 0 aromatic heterocycles. The summed E-state index contributed by atoms with van der Waals surface area (Å²) in [6.07, 6.45) is 0. The average Bonchev–Trinajstić information content (AvgIpc) is 2.63. The van der Waals surface area contributed by atoms with Crippen molar-refractivity contribution in [2.75, 3.05) is 33.9 Å². The number of ether oxygens (including phenoxy) is 1. The van der Waals surface area contributed by atoms with Crippen LogP contribution in [-0.2, 0) is 4.74 Å². The summed E-state index contributed by atoms with van der Waals surface area (Å²) in [7, 11) is 3.42. The lowest BCUT2D eigenvalue weighted by Gasteiger charge is -2.20. The first kappa shape index (κ1) is 14.1. The fourth-order valence-corrected chi connectivity index (χ4v) is 1.93. The summed E-state index contributed by atoms with van der Waals surface area (Å²) < 4.78 is 5.33. The minimum Gasteiger partial charge on any atom is -0.381 e. The summed E-state index contributed by atoms with van der Waals surface area (Å²) in [5.74, 6) is 1.15. The van der Waals surface area contributed by atoms with E-state index in [9.17, 15) is 10.1 Å². The lowest BCUT2D eigenvalue weighted by atomic mass is 9.98. The lowest BCUT2D eigenvalue weighted by molar-refractivity contribution is -0.414. The first-order valence-corrected chi connectivity index (χ1v) is 5.84. The molecule has 1 N–H and O–H groups in total. The SMILES string of the molecule is CC1COCC1CNC(=C(Cl)[N+](=O)[O-])N(C)C. The fraction of sp³-hybridized carbons (Fsp3) is 0.800. The zero-order valence-corrected chi connectivity index (χ0v) is 11.0. The van der Waals surface area contributed by atoms with Gasteiger partial charge in [-0.05, 0) is 17.5 Å². The zero-order chi connectivity index (χ0) is 13.0. The highest BCUT2D eigenvalue weighted by molar-refractivity contribution is 6.28. The minimum absolute atomic E-state index is 0.329. The molecule has 1 saturated heterocycles. The third-order valence-electron chi connectivity index (χ3n) is 2.85. The van der Waals surface area contributed by atoms with Crippen molar-refractivity contribution in [2.24, 2.45) is 11.8 Å². The van der Waals surface area contributed by atoms with Gasteiger partial charge in [0.1, 0.15) is 0 Å². The number of rotatable bonds is 5. The van der Waals surface area contributed by atoms with Crippen molar-refractivity contribution in [3.8, 4) is 0 Å². The Kier molecular flexibility index (Phi) is 5.02. The van der Waals surface area contributed by atoms with Gasteiger partial charge in [0.15, 0.2) is 5.82 Å². The normalized spacial score (nSPS) is 25.4. The van der Waals surface area contributed by atoms with Crippen molar-refractivity contribution in [1.82, 2.24) is 10.2 Å². The van der Waals surface area contributed by atoms with E-state index in [0.29, 0.717) is 30.8 Å². The van der Waals surface area contributed by atoms with Crippen LogP contribution in [0.25, 0.3) is 0 Å². The Bertz CT molecular complexity index is 320. The molecule has 0 aromatic carbocycles. The number of nitro groups is 1. The lowest BCUT2D eigenvalue weighted by Crippen LogP contribution is -2.33. The highest BCUT2D eigenvalue weighted by Crippen LogP contribution is 2.20. The molecule has 1 aliphatic heterocycles. The van der Waals surface area contributed by atoms with Crippen LogP contribution >= 0.6 is 11.6 Å². The standard InChI is InChI=1S/C10H18ClN3O3/c1-7-5-17-6-8(7)4-12-10(13(2)3)9(11)14(15)16/h7-8,12H,4-6H2,1-3H3. The van der Waals surface area contributed by atoms with Crippen LogP contribution in [0.1, 0.15) is 6.92 Å². The maximum absolute atomic E-state index is 10.6. The van der Waals surface area contributed by atoms with Crippen LogP contribution in [0.4, 0.5) is 0 Å². The Morgan fingerprint density at radius 1 is 1.59 bits per heavy atom. The molecule has 0 radical (unpaired) electrons. The Hall–Kier alpha value is -1.01. The van der Waals surface area contributed by atoms with Crippen molar-refractivity contribution in [3.63, 3.8) is 0 Å². The summed E-state index contributed by atoms with van der Waals surface area (Å²) >= 11 is 5.64. The first-order valence-electron chi connectivity index (χ1n) is 5.46. The predicted molar refractivity (Wildman–Crippen MR) is 65.0 cm³/mol. The number of hydrogen-bond acceptors (Lipinski definition) is 5. The zero-order valence-electron chi connectivity index (χ0n) is 10.3. The molecule has 0 spiro atoms. The van der Waals surface area contributed by atoms with Gasteiger partial charge in [-0.1, -0.05) is 6.92 Å². The van der Waals surface area contributed by atoms with Crippen molar-refractivity contribution in [1.29, 1.82) is 0 Å². The summed E-state index contributed by atoms with van der Waals surface area (Å²) in [4.78, 5) is 11.6. The second kappa shape index (κ2) is 6.07. The molecule has 1 rings (SSSR count). The molecule has 98 valence electrons. The van der Waals surface area contributed by atoms with Crippen LogP contribution in [0.5, 0.6) is 0 Å². The molecular weight excluding hydrogens is 246 g/mol. The second-order valence-corrected chi connectivity index (χ2v) is 4.80. The van der Waals surface area contributed by atoms with Gasteiger partial charge in [-0.3, -0.25) is 10.1 Å². The maximum atomic E-state index is 10.6. The number of nitrogens with zero attached hydrogens (tertiary/aromatic N) is 2. The van der Waals surface area contributed by atoms with E-state index in [0.717, 1.165) is 6.61 Å². The van der Waals surface area contributed by atoms with E-state index in [2.05, 4.69) is 12.2 Å². The Labute approximate surface area is 106 Å². The van der Waals surface area contributed by atoms with Crippen LogP contribution in [0.3, 0.4) is 0 Å². The predicted octanol–water partition coefficient (Wildman–Crippen LogP) is 1.06. The van der Waals surface area contributed by atoms with E-state index in [4.69, 9.17) is 16.3 Å². The largest absolute Gasteiger partial charge is 0.381 e. The average molecular weight is 264 g/mol. The molecule has 0 aromatic rings. The number of nitrogens with one attached hydrogen (secondary N) is 1. The van der Waals surface area contributed by atoms with E-state index in [1.54, 1.807) is 19.0 Å². The van der Waals surface area contributed by atoms with Crippen molar-refractivity contribution in [3.05, 3.63) is 21.1 Å². The van der Waals surface area contributed by atoms with Gasteiger partial charge in [0.25, 0.3) is 0 Å². The topological polar surface area (TPSA) is 67.6 Å². The molecule has 0 aliphatic carbocycles. The van der Waals surface area contributed by atoms with E-state index in [1.165, 1.54) is 0 Å². The van der Waals surface area contributed by atoms with Gasteiger partial charge in [0, 0.05) is 33.2 Å². The third kappa shape index (κ3) is 3.74. The molecule has 0 amide bonds. The van der Waals surface area contributed by atoms with Crippen molar-refractivity contribution in [2.45, 2.75) is 6.92 Å². The van der Waals surface area contributed by atoms with Gasteiger partial charge in [0.2, 0.25) is 0 Å². The second-order valence-electron chi connectivity index (χ2n) is 4.45. The van der Waals surface area contributed by atoms with Gasteiger partial charge in [-0.2, -0.15) is 0 Å². The molecule has 6 nitrogen and oxygen atoms in total. The van der Waals surface area contributed by atoms with Crippen LogP contribution in [-0.4, -0.2) is 43.7 Å². The molecule has 1 heterocycles. The van der Waals surface area contributed by atoms with E-state index < -0.39 is 4.92 Å². The Morgan fingerprint density at radius 2 is 2.24 bits per heavy atom.